The number of hydrogen-bond acceptors (Lipinski definition) is 7. The molecule has 3 N–H and O–H groups in total. The maximum Gasteiger partial charge on any atom is 0.274 e. The van der Waals surface area contributed by atoms with Gasteiger partial charge in [-0.2, -0.15) is 0 Å². The third-order valence-electron chi connectivity index (χ3n) is 4.23. The van der Waals surface area contributed by atoms with Gasteiger partial charge >= 0.3 is 0 Å². The molecule has 0 aromatic heterocycles. The van der Waals surface area contributed by atoms with Crippen LogP contribution in [-0.2, 0) is 6.54 Å². The van der Waals surface area contributed by atoms with E-state index < -0.39 is 11.0 Å². The standard InChI is InChI=1S/C18H28N4O4/c1-19-18(13-22(24)25)20-11-16(23)14-26-17-7-5-6-15(10-17)12-21-8-3-2-4-9-21/h5-7,10,13,16,19-20,23H,2-4,8-9,11-12,14H2,1H3/b18-13+. The quantitative estimate of drug-likeness (QED) is 0.425. The van der Waals surface area contributed by atoms with Crippen LogP contribution in [0.3, 0.4) is 0 Å². The van der Waals surface area contributed by atoms with Gasteiger partial charge in [0.1, 0.15) is 18.5 Å². The van der Waals surface area contributed by atoms with E-state index in [-0.39, 0.29) is 19.0 Å². The van der Waals surface area contributed by atoms with Crippen LogP contribution >= 0.6 is 0 Å². The second-order valence-corrected chi connectivity index (χ2v) is 6.41. The second kappa shape index (κ2) is 10.6. The summed E-state index contributed by atoms with van der Waals surface area (Å²) in [5.74, 6) is 0.950. The number of benzene rings is 1. The molecule has 2 rings (SSSR count). The molecular weight excluding hydrogens is 336 g/mol. The maximum absolute atomic E-state index is 10.5. The van der Waals surface area contributed by atoms with E-state index in [1.165, 1.54) is 24.8 Å². The summed E-state index contributed by atoms with van der Waals surface area (Å²) in [6.45, 7) is 3.45. The highest BCUT2D eigenvalue weighted by atomic mass is 16.6. The normalized spacial score (nSPS) is 16.8. The third kappa shape index (κ3) is 7.28. The fraction of sp³-hybridized carbons (Fsp3) is 0.556. The lowest BCUT2D eigenvalue weighted by molar-refractivity contribution is -0.404. The summed E-state index contributed by atoms with van der Waals surface area (Å²) in [6, 6.07) is 7.91. The van der Waals surface area contributed by atoms with Crippen molar-refractivity contribution in [2.45, 2.75) is 31.9 Å². The first-order valence-corrected chi connectivity index (χ1v) is 8.96. The highest BCUT2D eigenvalue weighted by Crippen LogP contribution is 2.17. The molecule has 1 saturated heterocycles. The van der Waals surface area contributed by atoms with E-state index in [0.29, 0.717) is 5.75 Å². The van der Waals surface area contributed by atoms with Gasteiger partial charge in [-0.1, -0.05) is 18.6 Å². The summed E-state index contributed by atoms with van der Waals surface area (Å²) in [4.78, 5) is 12.3. The van der Waals surface area contributed by atoms with Gasteiger partial charge in [0.2, 0.25) is 0 Å². The van der Waals surface area contributed by atoms with Crippen LogP contribution in [0.2, 0.25) is 0 Å². The fourth-order valence-corrected chi connectivity index (χ4v) is 2.89. The number of likely N-dealkylation sites (tertiary alicyclic amines) is 1. The molecule has 1 aliphatic heterocycles. The summed E-state index contributed by atoms with van der Waals surface area (Å²) in [6.07, 6.45) is 3.86. The summed E-state index contributed by atoms with van der Waals surface area (Å²) >= 11 is 0. The van der Waals surface area contributed by atoms with Crippen molar-refractivity contribution in [3.63, 3.8) is 0 Å². The molecule has 1 aliphatic rings. The van der Waals surface area contributed by atoms with Crippen molar-refractivity contribution in [2.24, 2.45) is 0 Å². The molecular formula is C18H28N4O4. The number of nitro groups is 1. The first-order chi connectivity index (χ1) is 12.6. The molecule has 0 saturated carbocycles. The Balaban J connectivity index is 1.77. The van der Waals surface area contributed by atoms with E-state index in [4.69, 9.17) is 4.74 Å². The number of piperidine rings is 1. The van der Waals surface area contributed by atoms with Crippen LogP contribution in [0.25, 0.3) is 0 Å². The first kappa shape index (κ1) is 20.0. The van der Waals surface area contributed by atoms with E-state index in [1.807, 2.05) is 18.2 Å². The average molecular weight is 364 g/mol. The summed E-state index contributed by atoms with van der Waals surface area (Å²) in [5, 5.41) is 25.9. The number of rotatable bonds is 10. The van der Waals surface area contributed by atoms with E-state index in [1.54, 1.807) is 7.05 Å². The third-order valence-corrected chi connectivity index (χ3v) is 4.23. The van der Waals surface area contributed by atoms with Crippen LogP contribution < -0.4 is 15.4 Å². The van der Waals surface area contributed by atoms with Crippen molar-refractivity contribution in [3.05, 3.63) is 52.0 Å². The minimum atomic E-state index is -0.788. The Hall–Kier alpha value is -2.32. The van der Waals surface area contributed by atoms with Crippen LogP contribution in [0.1, 0.15) is 24.8 Å². The zero-order chi connectivity index (χ0) is 18.8. The van der Waals surface area contributed by atoms with Crippen LogP contribution in [0.5, 0.6) is 5.75 Å². The average Bonchev–Trinajstić information content (AvgIpc) is 2.64. The monoisotopic (exact) mass is 364 g/mol. The second-order valence-electron chi connectivity index (χ2n) is 6.41. The number of aliphatic hydroxyl groups is 1. The molecule has 1 fully saturated rings. The Morgan fingerprint density at radius 3 is 2.88 bits per heavy atom. The van der Waals surface area contributed by atoms with Crippen molar-refractivity contribution in [3.8, 4) is 5.75 Å². The van der Waals surface area contributed by atoms with Gasteiger partial charge in [-0.3, -0.25) is 15.0 Å². The van der Waals surface area contributed by atoms with Gasteiger partial charge in [0, 0.05) is 20.1 Å². The fourth-order valence-electron chi connectivity index (χ4n) is 2.89. The first-order valence-electron chi connectivity index (χ1n) is 8.96. The summed E-state index contributed by atoms with van der Waals surface area (Å²) in [5.41, 5.74) is 1.20. The molecule has 1 heterocycles. The number of ether oxygens (including phenoxy) is 1. The topological polar surface area (TPSA) is 99.9 Å². The largest absolute Gasteiger partial charge is 0.491 e. The molecule has 1 unspecified atom stereocenters. The van der Waals surface area contributed by atoms with Crippen LogP contribution in [0.15, 0.2) is 36.3 Å². The van der Waals surface area contributed by atoms with Crippen LogP contribution in [0.4, 0.5) is 0 Å². The molecule has 0 bridgehead atoms. The van der Waals surface area contributed by atoms with Gasteiger partial charge in [-0.15, -0.1) is 0 Å². The molecule has 8 heteroatoms. The van der Waals surface area contributed by atoms with Gasteiger partial charge in [-0.05, 0) is 43.6 Å². The minimum Gasteiger partial charge on any atom is -0.491 e. The predicted molar refractivity (Wildman–Crippen MR) is 99.2 cm³/mol. The van der Waals surface area contributed by atoms with Crippen molar-refractivity contribution in [2.75, 3.05) is 33.3 Å². The van der Waals surface area contributed by atoms with Gasteiger partial charge in [0.05, 0.1) is 4.92 Å². The van der Waals surface area contributed by atoms with Gasteiger partial charge in [0.25, 0.3) is 6.20 Å². The highest BCUT2D eigenvalue weighted by molar-refractivity contribution is 5.28. The zero-order valence-corrected chi connectivity index (χ0v) is 15.2. The zero-order valence-electron chi connectivity index (χ0n) is 15.2. The Labute approximate surface area is 154 Å². The van der Waals surface area contributed by atoms with Crippen molar-refractivity contribution in [1.29, 1.82) is 0 Å². The van der Waals surface area contributed by atoms with Gasteiger partial charge in [0.15, 0.2) is 5.82 Å². The number of nitrogens with one attached hydrogen (secondary N) is 2. The van der Waals surface area contributed by atoms with E-state index in [0.717, 1.165) is 25.8 Å². The molecule has 144 valence electrons. The molecule has 0 spiro atoms. The molecule has 1 atom stereocenters. The number of nitrogens with zero attached hydrogens (tertiary/aromatic N) is 2. The molecule has 0 amide bonds. The Morgan fingerprint density at radius 2 is 2.19 bits per heavy atom. The number of aliphatic hydroxyl groups excluding tert-OH is 1. The number of hydrogen-bond donors (Lipinski definition) is 3. The lowest BCUT2D eigenvalue weighted by Crippen LogP contribution is -2.34. The highest BCUT2D eigenvalue weighted by Gasteiger charge is 2.11. The lowest BCUT2D eigenvalue weighted by atomic mass is 10.1. The Kier molecular flexibility index (Phi) is 8.17. The van der Waals surface area contributed by atoms with Crippen LogP contribution in [0, 0.1) is 10.1 Å². The molecule has 0 radical (unpaired) electrons. The summed E-state index contributed by atoms with van der Waals surface area (Å²) < 4.78 is 5.66. The lowest BCUT2D eigenvalue weighted by Gasteiger charge is -2.26. The maximum atomic E-state index is 10.5. The van der Waals surface area contributed by atoms with Gasteiger partial charge in [-0.25, -0.2) is 0 Å². The van der Waals surface area contributed by atoms with Gasteiger partial charge < -0.3 is 20.5 Å². The smallest absolute Gasteiger partial charge is 0.274 e. The molecule has 0 aliphatic carbocycles. The van der Waals surface area contributed by atoms with Crippen LogP contribution in [-0.4, -0.2) is 54.3 Å². The Morgan fingerprint density at radius 1 is 1.42 bits per heavy atom. The minimum absolute atomic E-state index is 0.107. The predicted octanol–water partition coefficient (Wildman–Crippen LogP) is 1.30. The SMILES string of the molecule is CN/C(=C\[N+](=O)[O-])NCC(O)COc1cccc(CN2CCCCC2)c1. The van der Waals surface area contributed by atoms with Crippen molar-refractivity contribution < 1.29 is 14.8 Å². The Bertz CT molecular complexity index is 603. The molecule has 1 aromatic carbocycles. The summed E-state index contributed by atoms with van der Waals surface area (Å²) in [7, 11) is 1.57. The van der Waals surface area contributed by atoms with E-state index in [9.17, 15) is 15.2 Å². The van der Waals surface area contributed by atoms with E-state index >= 15 is 0 Å². The molecule has 1 aromatic rings. The molecule has 8 nitrogen and oxygen atoms in total. The van der Waals surface area contributed by atoms with Crippen molar-refractivity contribution in [1.82, 2.24) is 15.5 Å². The van der Waals surface area contributed by atoms with E-state index in [2.05, 4.69) is 21.6 Å². The van der Waals surface area contributed by atoms with Crippen molar-refractivity contribution >= 4 is 0 Å². The molecule has 26 heavy (non-hydrogen) atoms.